The van der Waals surface area contributed by atoms with Crippen LogP contribution in [0.25, 0.3) is 0 Å². The fourth-order valence-electron chi connectivity index (χ4n) is 1.81. The van der Waals surface area contributed by atoms with E-state index in [0.717, 1.165) is 35.8 Å². The van der Waals surface area contributed by atoms with Crippen molar-refractivity contribution in [2.45, 2.75) is 19.2 Å². The molecule has 0 amide bonds. The van der Waals surface area contributed by atoms with Crippen LogP contribution in [0.1, 0.15) is 18.4 Å². The Hall–Kier alpha value is -2.11. The number of nitrogens with zero attached hydrogens (tertiary/aromatic N) is 2. The third-order valence-corrected chi connectivity index (χ3v) is 3.76. The average molecular weight is 352 g/mol. The molecular weight excluding hydrogens is 328 g/mol. The van der Waals surface area contributed by atoms with E-state index in [1.54, 1.807) is 18.7 Å². The third kappa shape index (κ3) is 9.12. The predicted octanol–water partition coefficient (Wildman–Crippen LogP) is 1.85. The van der Waals surface area contributed by atoms with E-state index in [0.29, 0.717) is 18.9 Å². The van der Waals surface area contributed by atoms with Crippen LogP contribution in [-0.2, 0) is 12.3 Å². The minimum Gasteiger partial charge on any atom is -0.464 e. The molecule has 0 bridgehead atoms. The monoisotopic (exact) mass is 352 g/mol. The van der Waals surface area contributed by atoms with E-state index in [1.165, 1.54) is 0 Å². The summed E-state index contributed by atoms with van der Waals surface area (Å²) in [6.45, 7) is 3.49. The van der Waals surface area contributed by atoms with Crippen molar-refractivity contribution >= 4 is 11.8 Å². The van der Waals surface area contributed by atoms with Crippen LogP contribution in [0.3, 0.4) is 0 Å². The Kier molecular flexibility index (Phi) is 9.49. The van der Waals surface area contributed by atoms with Crippen molar-refractivity contribution in [1.29, 1.82) is 0 Å². The van der Waals surface area contributed by atoms with Crippen LogP contribution in [0.2, 0.25) is 0 Å². The Bertz CT molecular complexity index is 602. The number of rotatable bonds is 11. The maximum atomic E-state index is 10.6. The lowest BCUT2D eigenvalue weighted by molar-refractivity contribution is -0.404. The summed E-state index contributed by atoms with van der Waals surface area (Å²) in [5, 5.41) is 16.5. The van der Waals surface area contributed by atoms with Gasteiger partial charge in [0.25, 0.3) is 6.20 Å². The van der Waals surface area contributed by atoms with Crippen molar-refractivity contribution in [3.8, 4) is 11.8 Å². The summed E-state index contributed by atoms with van der Waals surface area (Å²) in [6.07, 6.45) is 0.919. The summed E-state index contributed by atoms with van der Waals surface area (Å²) in [7, 11) is 4.00. The summed E-state index contributed by atoms with van der Waals surface area (Å²) in [5.41, 5.74) is 0. The minimum absolute atomic E-state index is 0.370. The van der Waals surface area contributed by atoms with Gasteiger partial charge in [0.1, 0.15) is 11.5 Å². The average Bonchev–Trinajstić information content (AvgIpc) is 2.93. The molecule has 2 N–H and O–H groups in total. The number of hydrogen-bond donors (Lipinski definition) is 2. The number of nitrogens with one attached hydrogen (secondary N) is 2. The fourth-order valence-corrected chi connectivity index (χ4v) is 2.56. The van der Waals surface area contributed by atoms with Gasteiger partial charge in [0.2, 0.25) is 0 Å². The lowest BCUT2D eigenvalue weighted by Crippen LogP contribution is -2.29. The van der Waals surface area contributed by atoms with E-state index in [4.69, 9.17) is 4.42 Å². The molecule has 0 spiro atoms. The summed E-state index contributed by atoms with van der Waals surface area (Å²) in [4.78, 5) is 12.2. The molecule has 0 aliphatic rings. The first-order chi connectivity index (χ1) is 11.5. The van der Waals surface area contributed by atoms with E-state index in [-0.39, 0.29) is 0 Å². The lowest BCUT2D eigenvalue weighted by Gasteiger charge is -2.09. The standard InChI is InChI=1S/C16H24N4O3S/c1-4-5-8-17-16(12-20(21)22)18-9-10-24-13-15-7-6-14(23-15)11-19(2)3/h6-7,12,17-18H,8-11,13H2,1-3H3. The van der Waals surface area contributed by atoms with Crippen molar-refractivity contribution in [2.75, 3.05) is 32.9 Å². The van der Waals surface area contributed by atoms with Crippen molar-refractivity contribution < 1.29 is 9.34 Å². The van der Waals surface area contributed by atoms with E-state index in [9.17, 15) is 10.1 Å². The number of thioether (sulfide) groups is 1. The molecule has 7 nitrogen and oxygen atoms in total. The Morgan fingerprint density at radius 1 is 1.42 bits per heavy atom. The van der Waals surface area contributed by atoms with Crippen LogP contribution in [-0.4, -0.2) is 42.8 Å². The van der Waals surface area contributed by atoms with Gasteiger partial charge < -0.3 is 20.0 Å². The van der Waals surface area contributed by atoms with E-state index in [2.05, 4.69) is 27.4 Å². The predicted molar refractivity (Wildman–Crippen MR) is 96.8 cm³/mol. The molecule has 1 heterocycles. The topological polar surface area (TPSA) is 83.6 Å². The van der Waals surface area contributed by atoms with Gasteiger partial charge in [-0.1, -0.05) is 5.92 Å². The van der Waals surface area contributed by atoms with E-state index in [1.807, 2.05) is 26.2 Å². The first-order valence-corrected chi connectivity index (χ1v) is 8.69. The van der Waals surface area contributed by atoms with Crippen molar-refractivity contribution in [1.82, 2.24) is 15.5 Å². The Labute approximate surface area is 147 Å². The second-order valence-corrected chi connectivity index (χ2v) is 6.30. The number of nitro groups is 1. The van der Waals surface area contributed by atoms with Crippen molar-refractivity contribution in [3.05, 3.63) is 45.8 Å². The molecule has 1 aromatic heterocycles. The molecule has 0 saturated heterocycles. The van der Waals surface area contributed by atoms with Crippen molar-refractivity contribution in [2.24, 2.45) is 0 Å². The Morgan fingerprint density at radius 3 is 2.83 bits per heavy atom. The molecule has 0 unspecified atom stereocenters. The molecule has 1 aromatic rings. The van der Waals surface area contributed by atoms with Gasteiger partial charge in [-0.2, -0.15) is 11.8 Å². The summed E-state index contributed by atoms with van der Waals surface area (Å²) in [5.74, 6) is 9.38. The Morgan fingerprint density at radius 2 is 2.17 bits per heavy atom. The van der Waals surface area contributed by atoms with Gasteiger partial charge in [-0.25, -0.2) is 0 Å². The summed E-state index contributed by atoms with van der Waals surface area (Å²) in [6, 6.07) is 3.98. The highest BCUT2D eigenvalue weighted by molar-refractivity contribution is 7.98. The maximum absolute atomic E-state index is 10.6. The molecule has 1 rings (SSSR count). The molecule has 0 fully saturated rings. The first-order valence-electron chi connectivity index (χ1n) is 7.54. The summed E-state index contributed by atoms with van der Waals surface area (Å²) >= 11 is 1.71. The molecule has 0 atom stereocenters. The normalized spacial score (nSPS) is 11.1. The fraction of sp³-hybridized carbons (Fsp3) is 0.500. The van der Waals surface area contributed by atoms with E-state index < -0.39 is 4.92 Å². The Balaban J connectivity index is 2.28. The minimum atomic E-state index is -0.489. The van der Waals surface area contributed by atoms with Gasteiger partial charge in [0, 0.05) is 12.3 Å². The van der Waals surface area contributed by atoms with Gasteiger partial charge in [-0.15, -0.1) is 5.92 Å². The van der Waals surface area contributed by atoms with Crippen molar-refractivity contribution in [3.63, 3.8) is 0 Å². The maximum Gasteiger partial charge on any atom is 0.274 e. The zero-order valence-corrected chi connectivity index (χ0v) is 15.1. The van der Waals surface area contributed by atoms with Crippen LogP contribution in [0.4, 0.5) is 0 Å². The van der Waals surface area contributed by atoms with Crippen LogP contribution >= 0.6 is 11.8 Å². The van der Waals surface area contributed by atoms with Gasteiger partial charge in [-0.05, 0) is 33.2 Å². The SMILES string of the molecule is CC#CCNC(=C[N+](=O)[O-])NCCSCc1ccc(CN(C)C)o1. The third-order valence-electron chi connectivity index (χ3n) is 2.77. The molecule has 8 heteroatoms. The second kappa shape index (κ2) is 11.4. The van der Waals surface area contributed by atoms with Gasteiger partial charge in [0.05, 0.1) is 23.8 Å². The van der Waals surface area contributed by atoms with Crippen LogP contribution in [0, 0.1) is 22.0 Å². The molecule has 0 radical (unpaired) electrons. The zero-order valence-electron chi connectivity index (χ0n) is 14.3. The highest BCUT2D eigenvalue weighted by Gasteiger charge is 2.04. The smallest absolute Gasteiger partial charge is 0.274 e. The van der Waals surface area contributed by atoms with Gasteiger partial charge in [-0.3, -0.25) is 10.1 Å². The molecule has 24 heavy (non-hydrogen) atoms. The largest absolute Gasteiger partial charge is 0.464 e. The van der Waals surface area contributed by atoms with Crippen LogP contribution in [0.15, 0.2) is 28.6 Å². The second-order valence-electron chi connectivity index (χ2n) is 5.19. The molecular formula is C16H24N4O3S. The quantitative estimate of drug-likeness (QED) is 0.272. The highest BCUT2D eigenvalue weighted by atomic mass is 32.2. The van der Waals surface area contributed by atoms with E-state index >= 15 is 0 Å². The zero-order chi connectivity index (χ0) is 17.8. The number of furan rings is 1. The van der Waals surface area contributed by atoms with Crippen LogP contribution < -0.4 is 10.6 Å². The molecule has 0 saturated carbocycles. The highest BCUT2D eigenvalue weighted by Crippen LogP contribution is 2.15. The number of hydrogen-bond acceptors (Lipinski definition) is 7. The lowest BCUT2D eigenvalue weighted by atomic mass is 10.4. The van der Waals surface area contributed by atoms with Gasteiger partial charge >= 0.3 is 0 Å². The first kappa shape index (κ1) is 19.9. The van der Waals surface area contributed by atoms with Gasteiger partial charge in [0.15, 0.2) is 5.82 Å². The molecule has 0 aliphatic carbocycles. The molecule has 0 aliphatic heterocycles. The molecule has 0 aromatic carbocycles. The summed E-state index contributed by atoms with van der Waals surface area (Å²) < 4.78 is 5.73. The molecule has 132 valence electrons. The van der Waals surface area contributed by atoms with Crippen LogP contribution in [0.5, 0.6) is 0 Å².